The van der Waals surface area contributed by atoms with Crippen LogP contribution in [-0.4, -0.2) is 41.2 Å². The van der Waals surface area contributed by atoms with E-state index in [2.05, 4.69) is 5.32 Å². The first-order valence-corrected chi connectivity index (χ1v) is 12.7. The predicted molar refractivity (Wildman–Crippen MR) is 144 cm³/mol. The molecule has 1 aliphatic heterocycles. The number of nitrogens with zero attached hydrogens (tertiary/aromatic N) is 1. The van der Waals surface area contributed by atoms with Gasteiger partial charge in [0.15, 0.2) is 6.61 Å². The summed E-state index contributed by atoms with van der Waals surface area (Å²) in [5.41, 5.74) is 0.0823. The van der Waals surface area contributed by atoms with Crippen LogP contribution >= 0.6 is 46.4 Å². The van der Waals surface area contributed by atoms with Gasteiger partial charge in [-0.3, -0.25) is 19.3 Å². The molecule has 0 saturated carbocycles. The van der Waals surface area contributed by atoms with Gasteiger partial charge in [0.1, 0.15) is 6.04 Å². The van der Waals surface area contributed by atoms with E-state index in [1.165, 1.54) is 0 Å². The summed E-state index contributed by atoms with van der Waals surface area (Å²) in [5, 5.41) is 3.64. The second-order valence-electron chi connectivity index (χ2n) is 8.81. The molecule has 0 unspecified atom stereocenters. The Labute approximate surface area is 232 Å². The summed E-state index contributed by atoms with van der Waals surface area (Å²) in [6, 6.07) is 11.6. The second-order valence-corrected chi connectivity index (χ2v) is 10.3. The van der Waals surface area contributed by atoms with Crippen molar-refractivity contribution in [2.45, 2.75) is 26.3 Å². The smallest absolute Gasteiger partial charge is 0.329 e. The minimum atomic E-state index is -1.33. The number of ether oxygens (including phenoxy) is 1. The first-order valence-electron chi connectivity index (χ1n) is 11.2. The van der Waals surface area contributed by atoms with Crippen molar-refractivity contribution in [1.29, 1.82) is 0 Å². The highest BCUT2D eigenvalue weighted by Gasteiger charge is 2.47. The van der Waals surface area contributed by atoms with Crippen molar-refractivity contribution in [3.05, 3.63) is 73.7 Å². The molecule has 0 radical (unpaired) electrons. The summed E-state index contributed by atoms with van der Waals surface area (Å²) in [5.74, 6) is -3.34. The monoisotopic (exact) mass is 580 g/mol. The molecule has 0 spiro atoms. The van der Waals surface area contributed by atoms with Gasteiger partial charge in [0.2, 0.25) is 0 Å². The third kappa shape index (κ3) is 5.14. The van der Waals surface area contributed by atoms with Crippen molar-refractivity contribution in [1.82, 2.24) is 4.90 Å². The molecule has 0 aromatic heterocycles. The van der Waals surface area contributed by atoms with Crippen molar-refractivity contribution in [3.8, 4) is 0 Å². The molecule has 0 bridgehead atoms. The third-order valence-corrected chi connectivity index (χ3v) is 7.62. The number of hydrogen-bond acceptors (Lipinski definition) is 5. The first-order chi connectivity index (χ1) is 17.5. The van der Waals surface area contributed by atoms with Crippen LogP contribution in [0.3, 0.4) is 0 Å². The lowest BCUT2D eigenvalue weighted by Gasteiger charge is -2.26. The number of nitrogens with one attached hydrogen (secondary N) is 1. The fourth-order valence-electron chi connectivity index (χ4n) is 4.16. The van der Waals surface area contributed by atoms with E-state index in [1.54, 1.807) is 26.0 Å². The standard InChI is InChI=1S/C26H20Cl4N2O5/c1-12(2)10-16(32-24(34)18-19(25(32)35)21(28)23(30)22(29)20(18)27)26(36)37-11-17(33)31-15-9-5-7-13-6-3-4-8-14(13)15/h3-9,12,16H,10-11H2,1-2H3,(H,31,33)/t16-/m1/s1. The van der Waals surface area contributed by atoms with Gasteiger partial charge in [0.05, 0.1) is 31.2 Å². The van der Waals surface area contributed by atoms with Gasteiger partial charge in [-0.05, 0) is 23.8 Å². The maximum Gasteiger partial charge on any atom is 0.329 e. The number of benzene rings is 3. The van der Waals surface area contributed by atoms with Gasteiger partial charge in [0, 0.05) is 11.1 Å². The zero-order valence-corrected chi connectivity index (χ0v) is 22.6. The van der Waals surface area contributed by atoms with E-state index < -0.39 is 36.3 Å². The van der Waals surface area contributed by atoms with E-state index in [0.717, 1.165) is 15.7 Å². The predicted octanol–water partition coefficient (Wildman–Crippen LogP) is 6.65. The summed E-state index contributed by atoms with van der Waals surface area (Å²) < 4.78 is 5.25. The van der Waals surface area contributed by atoms with Gasteiger partial charge in [-0.1, -0.05) is 96.6 Å². The Morgan fingerprint density at radius 2 is 1.43 bits per heavy atom. The highest BCUT2D eigenvalue weighted by atomic mass is 35.5. The number of halogens is 4. The van der Waals surface area contributed by atoms with Crippen LogP contribution in [-0.2, 0) is 14.3 Å². The maximum atomic E-state index is 13.2. The number of carbonyl (C=O) groups excluding carboxylic acids is 4. The highest BCUT2D eigenvalue weighted by Crippen LogP contribution is 2.45. The molecule has 1 aliphatic rings. The van der Waals surface area contributed by atoms with Gasteiger partial charge in [0.25, 0.3) is 17.7 Å². The molecule has 1 atom stereocenters. The van der Waals surface area contributed by atoms with Crippen molar-refractivity contribution in [3.63, 3.8) is 0 Å². The number of rotatable bonds is 7. The summed E-state index contributed by atoms with van der Waals surface area (Å²) in [6.45, 7) is 2.98. The van der Waals surface area contributed by atoms with Crippen LogP contribution in [0.1, 0.15) is 41.0 Å². The van der Waals surface area contributed by atoms with E-state index in [9.17, 15) is 19.2 Å². The lowest BCUT2D eigenvalue weighted by molar-refractivity contribution is -0.151. The zero-order chi connectivity index (χ0) is 27.0. The van der Waals surface area contributed by atoms with Crippen molar-refractivity contribution >= 4 is 86.6 Å². The van der Waals surface area contributed by atoms with E-state index in [0.29, 0.717) is 5.69 Å². The van der Waals surface area contributed by atoms with Crippen LogP contribution < -0.4 is 5.32 Å². The molecule has 4 rings (SSSR count). The molecule has 3 aromatic rings. The van der Waals surface area contributed by atoms with Gasteiger partial charge >= 0.3 is 5.97 Å². The quantitative estimate of drug-likeness (QED) is 0.146. The van der Waals surface area contributed by atoms with Gasteiger partial charge in [-0.15, -0.1) is 0 Å². The number of hydrogen-bond donors (Lipinski definition) is 1. The Morgan fingerprint density at radius 1 is 0.865 bits per heavy atom. The first kappa shape index (κ1) is 27.2. The Balaban J connectivity index is 1.54. The number of amides is 3. The van der Waals surface area contributed by atoms with Crippen LogP contribution in [0.25, 0.3) is 10.8 Å². The minimum absolute atomic E-state index is 0.0753. The van der Waals surface area contributed by atoms with Gasteiger partial charge in [-0.25, -0.2) is 4.79 Å². The Hall–Kier alpha value is -2.84. The molecular weight excluding hydrogens is 562 g/mol. The number of fused-ring (bicyclic) bond motifs is 2. The van der Waals surface area contributed by atoms with E-state index in [4.69, 9.17) is 51.1 Å². The number of esters is 1. The third-order valence-electron chi connectivity index (χ3n) is 5.82. The maximum absolute atomic E-state index is 13.2. The topological polar surface area (TPSA) is 92.8 Å². The number of imide groups is 1. The molecule has 3 amide bonds. The lowest BCUT2D eigenvalue weighted by atomic mass is 10.0. The molecule has 0 aliphatic carbocycles. The van der Waals surface area contributed by atoms with E-state index in [1.807, 2.05) is 30.3 Å². The molecule has 3 aromatic carbocycles. The molecule has 192 valence electrons. The molecule has 0 fully saturated rings. The molecule has 0 saturated heterocycles. The lowest BCUT2D eigenvalue weighted by Crippen LogP contribution is -2.47. The van der Waals surface area contributed by atoms with Crippen LogP contribution in [0.15, 0.2) is 42.5 Å². The Kier molecular flexibility index (Phi) is 7.99. The van der Waals surface area contributed by atoms with Gasteiger partial charge < -0.3 is 10.1 Å². The normalized spacial score (nSPS) is 13.8. The van der Waals surface area contributed by atoms with E-state index >= 15 is 0 Å². The van der Waals surface area contributed by atoms with Crippen molar-refractivity contribution in [2.75, 3.05) is 11.9 Å². The average molecular weight is 582 g/mol. The van der Waals surface area contributed by atoms with Crippen LogP contribution in [0.5, 0.6) is 0 Å². The molecule has 1 heterocycles. The van der Waals surface area contributed by atoms with E-state index in [-0.39, 0.29) is 43.6 Å². The summed E-state index contributed by atoms with van der Waals surface area (Å²) in [6.07, 6.45) is 0.0753. The molecular formula is C26H20Cl4N2O5. The summed E-state index contributed by atoms with van der Waals surface area (Å²) in [7, 11) is 0. The number of anilines is 1. The minimum Gasteiger partial charge on any atom is -0.454 e. The van der Waals surface area contributed by atoms with Crippen LogP contribution in [0.2, 0.25) is 20.1 Å². The Bertz CT molecular complexity index is 1400. The summed E-state index contributed by atoms with van der Waals surface area (Å²) >= 11 is 24.6. The number of carbonyl (C=O) groups is 4. The summed E-state index contributed by atoms with van der Waals surface area (Å²) in [4.78, 5) is 52.9. The van der Waals surface area contributed by atoms with Gasteiger partial charge in [-0.2, -0.15) is 0 Å². The zero-order valence-electron chi connectivity index (χ0n) is 19.6. The van der Waals surface area contributed by atoms with Crippen LogP contribution in [0.4, 0.5) is 5.69 Å². The average Bonchev–Trinajstić information content (AvgIpc) is 3.13. The largest absolute Gasteiger partial charge is 0.454 e. The molecule has 7 nitrogen and oxygen atoms in total. The fraction of sp³-hybridized carbons (Fsp3) is 0.231. The fourth-order valence-corrected chi connectivity index (χ4v) is 5.17. The second kappa shape index (κ2) is 10.9. The molecule has 11 heteroatoms. The molecule has 37 heavy (non-hydrogen) atoms. The molecule has 1 N–H and O–H groups in total. The van der Waals surface area contributed by atoms with Crippen LogP contribution in [0, 0.1) is 5.92 Å². The SMILES string of the molecule is CC(C)C[C@H](C(=O)OCC(=O)Nc1cccc2ccccc12)N1C(=O)c2c(Cl)c(Cl)c(Cl)c(Cl)c2C1=O. The highest BCUT2D eigenvalue weighted by molar-refractivity contribution is 6.55. The van der Waals surface area contributed by atoms with Crippen molar-refractivity contribution < 1.29 is 23.9 Å². The Morgan fingerprint density at radius 3 is 2.03 bits per heavy atom. The van der Waals surface area contributed by atoms with Crippen molar-refractivity contribution in [2.24, 2.45) is 5.92 Å².